The first-order chi connectivity index (χ1) is 4.62. The fraction of sp³-hybridized carbons (Fsp3) is 1.00. The van der Waals surface area contributed by atoms with E-state index < -0.39 is 0 Å². The molecule has 0 spiro atoms. The van der Waals surface area contributed by atoms with Crippen molar-refractivity contribution in [2.45, 2.75) is 27.2 Å². The van der Waals surface area contributed by atoms with Gasteiger partial charge in [0.25, 0.3) is 0 Å². The lowest BCUT2D eigenvalue weighted by Gasteiger charge is -2.22. The molecule has 0 rings (SSSR count). The normalized spacial score (nSPS) is 12.0. The summed E-state index contributed by atoms with van der Waals surface area (Å²) in [5, 5.41) is 13.2. The van der Waals surface area contributed by atoms with E-state index in [-0.39, 0.29) is 6.61 Å². The van der Waals surface area contributed by atoms with Crippen LogP contribution in [0.3, 0.4) is 0 Å². The summed E-state index contributed by atoms with van der Waals surface area (Å²) in [4.78, 5) is 0. The quantitative estimate of drug-likeness (QED) is 0.582. The topological polar surface area (TPSA) is 31.9 Å². The van der Waals surface area contributed by atoms with Crippen LogP contribution in [0.1, 0.15) is 27.2 Å². The van der Waals surface area contributed by atoms with Gasteiger partial charge in [-0.25, -0.2) is 5.11 Å². The Bertz CT molecular complexity index is 81.3. The monoisotopic (exact) mass is 144 g/mol. The van der Waals surface area contributed by atoms with Gasteiger partial charge >= 0.3 is 0 Å². The van der Waals surface area contributed by atoms with Gasteiger partial charge < -0.3 is 5.32 Å². The van der Waals surface area contributed by atoms with Crippen LogP contribution in [0.2, 0.25) is 0 Å². The summed E-state index contributed by atoms with van der Waals surface area (Å²) in [6.45, 7) is 8.10. The van der Waals surface area contributed by atoms with Crippen LogP contribution < -0.4 is 5.32 Å². The van der Waals surface area contributed by atoms with Crippen LogP contribution in [0.5, 0.6) is 0 Å². The lowest BCUT2D eigenvalue weighted by Crippen LogP contribution is -2.30. The Morgan fingerprint density at radius 3 is 2.40 bits per heavy atom. The van der Waals surface area contributed by atoms with E-state index in [0.29, 0.717) is 12.0 Å². The first kappa shape index (κ1) is 9.92. The third-order valence-corrected chi connectivity index (χ3v) is 1.84. The maximum absolute atomic E-state index is 10.0. The standard InChI is InChI=1S/C8H18NO/c1-4-8(2,3)7-9-5-6-10/h9H,4-7H2,1-3H3. The van der Waals surface area contributed by atoms with Gasteiger partial charge in [-0.3, -0.25) is 0 Å². The highest BCUT2D eigenvalue weighted by atomic mass is 16.3. The van der Waals surface area contributed by atoms with Crippen molar-refractivity contribution in [2.24, 2.45) is 5.41 Å². The Morgan fingerprint density at radius 2 is 2.00 bits per heavy atom. The molecule has 0 saturated carbocycles. The van der Waals surface area contributed by atoms with Crippen LogP contribution in [0.4, 0.5) is 0 Å². The predicted molar refractivity (Wildman–Crippen MR) is 42.5 cm³/mol. The summed E-state index contributed by atoms with van der Waals surface area (Å²) in [5.74, 6) is 0. The molecule has 2 nitrogen and oxygen atoms in total. The number of rotatable bonds is 5. The van der Waals surface area contributed by atoms with Crippen molar-refractivity contribution in [3.63, 3.8) is 0 Å². The van der Waals surface area contributed by atoms with E-state index in [4.69, 9.17) is 0 Å². The molecule has 0 bridgehead atoms. The van der Waals surface area contributed by atoms with Crippen molar-refractivity contribution in [1.29, 1.82) is 0 Å². The zero-order valence-electron chi connectivity index (χ0n) is 7.24. The van der Waals surface area contributed by atoms with Gasteiger partial charge in [-0.2, -0.15) is 0 Å². The van der Waals surface area contributed by atoms with Crippen LogP contribution in [0.15, 0.2) is 0 Å². The predicted octanol–water partition coefficient (Wildman–Crippen LogP) is 1.44. The second kappa shape index (κ2) is 4.69. The van der Waals surface area contributed by atoms with E-state index in [0.717, 1.165) is 13.0 Å². The first-order valence-corrected chi connectivity index (χ1v) is 3.91. The van der Waals surface area contributed by atoms with E-state index in [1.807, 2.05) is 0 Å². The molecule has 0 heterocycles. The Kier molecular flexibility index (Phi) is 4.65. The van der Waals surface area contributed by atoms with Crippen molar-refractivity contribution in [3.8, 4) is 0 Å². The Morgan fingerprint density at radius 1 is 1.40 bits per heavy atom. The zero-order valence-corrected chi connectivity index (χ0v) is 7.24. The Hall–Kier alpha value is -0.0800. The highest BCUT2D eigenvalue weighted by Gasteiger charge is 2.13. The molecule has 10 heavy (non-hydrogen) atoms. The van der Waals surface area contributed by atoms with E-state index in [2.05, 4.69) is 26.1 Å². The number of hydrogen-bond donors (Lipinski definition) is 1. The molecule has 0 aliphatic heterocycles. The highest BCUT2D eigenvalue weighted by Crippen LogP contribution is 2.17. The second-order valence-corrected chi connectivity index (χ2v) is 3.40. The summed E-state index contributed by atoms with van der Waals surface area (Å²) >= 11 is 0. The van der Waals surface area contributed by atoms with Crippen molar-refractivity contribution < 1.29 is 5.11 Å². The maximum atomic E-state index is 10.0. The van der Waals surface area contributed by atoms with Gasteiger partial charge in [-0.15, -0.1) is 0 Å². The third-order valence-electron chi connectivity index (χ3n) is 1.84. The Balaban J connectivity index is 3.28. The van der Waals surface area contributed by atoms with Crippen molar-refractivity contribution in [3.05, 3.63) is 0 Å². The van der Waals surface area contributed by atoms with Crippen LogP contribution in [0.25, 0.3) is 0 Å². The lowest BCUT2D eigenvalue weighted by atomic mass is 9.90. The molecule has 0 amide bonds. The molecule has 0 aliphatic rings. The fourth-order valence-electron chi connectivity index (χ4n) is 0.624. The van der Waals surface area contributed by atoms with Crippen LogP contribution in [-0.2, 0) is 5.11 Å². The molecule has 1 N–H and O–H groups in total. The second-order valence-electron chi connectivity index (χ2n) is 3.40. The van der Waals surface area contributed by atoms with Gasteiger partial charge in [-0.1, -0.05) is 20.8 Å². The molecule has 0 aromatic rings. The van der Waals surface area contributed by atoms with Gasteiger partial charge in [0.2, 0.25) is 0 Å². The Labute approximate surface area is 63.6 Å². The van der Waals surface area contributed by atoms with Crippen LogP contribution >= 0.6 is 0 Å². The van der Waals surface area contributed by atoms with Gasteiger partial charge in [0, 0.05) is 13.1 Å². The smallest absolute Gasteiger partial charge is 0.0946 e. The molecule has 1 radical (unpaired) electrons. The van der Waals surface area contributed by atoms with E-state index >= 15 is 0 Å². The summed E-state index contributed by atoms with van der Waals surface area (Å²) in [7, 11) is 0. The zero-order chi connectivity index (χ0) is 8.04. The van der Waals surface area contributed by atoms with Gasteiger partial charge in [0.05, 0.1) is 6.61 Å². The van der Waals surface area contributed by atoms with Crippen LogP contribution in [-0.4, -0.2) is 19.7 Å². The van der Waals surface area contributed by atoms with Gasteiger partial charge in [-0.05, 0) is 11.8 Å². The molecular weight excluding hydrogens is 126 g/mol. The van der Waals surface area contributed by atoms with Crippen molar-refractivity contribution in [2.75, 3.05) is 19.7 Å². The molecule has 0 unspecified atom stereocenters. The SMILES string of the molecule is CCC(C)(C)CNCC[O]. The van der Waals surface area contributed by atoms with E-state index in [1.54, 1.807) is 0 Å². The molecule has 0 atom stereocenters. The molecule has 0 aromatic heterocycles. The third kappa shape index (κ3) is 4.77. The lowest BCUT2D eigenvalue weighted by molar-refractivity contribution is 0.188. The fourth-order valence-corrected chi connectivity index (χ4v) is 0.624. The summed E-state index contributed by atoms with van der Waals surface area (Å²) < 4.78 is 0. The van der Waals surface area contributed by atoms with Gasteiger partial charge in [0.15, 0.2) is 0 Å². The molecule has 0 aromatic carbocycles. The maximum Gasteiger partial charge on any atom is 0.0946 e. The minimum absolute atomic E-state index is 0.0141. The van der Waals surface area contributed by atoms with Crippen molar-refractivity contribution in [1.82, 2.24) is 5.32 Å². The molecule has 0 fully saturated rings. The van der Waals surface area contributed by atoms with Crippen molar-refractivity contribution >= 4 is 0 Å². The van der Waals surface area contributed by atoms with E-state index in [1.165, 1.54) is 0 Å². The largest absolute Gasteiger partial charge is 0.314 e. The number of nitrogens with one attached hydrogen (secondary N) is 1. The highest BCUT2D eigenvalue weighted by molar-refractivity contribution is 4.68. The molecular formula is C8H18NO. The molecule has 0 saturated heterocycles. The van der Waals surface area contributed by atoms with Gasteiger partial charge in [0.1, 0.15) is 0 Å². The summed E-state index contributed by atoms with van der Waals surface area (Å²) in [5.41, 5.74) is 0.342. The summed E-state index contributed by atoms with van der Waals surface area (Å²) in [6.07, 6.45) is 1.15. The minimum atomic E-state index is -0.0141. The van der Waals surface area contributed by atoms with Crippen LogP contribution in [0, 0.1) is 5.41 Å². The average Bonchev–Trinajstić information content (AvgIpc) is 1.89. The molecule has 61 valence electrons. The number of hydrogen-bond acceptors (Lipinski definition) is 1. The first-order valence-electron chi connectivity index (χ1n) is 3.91. The van der Waals surface area contributed by atoms with E-state index in [9.17, 15) is 5.11 Å². The summed E-state index contributed by atoms with van der Waals surface area (Å²) in [6, 6.07) is 0. The molecule has 0 aliphatic carbocycles. The average molecular weight is 144 g/mol. The minimum Gasteiger partial charge on any atom is -0.314 e. The molecule has 2 heteroatoms.